The molecule has 3 aromatic rings. The Hall–Kier alpha value is -3.88. The standard InChI is InChI=1S/C23H23N3O6/c1-30-15-6-7-16(18(13-15)31-2)20-19(21(27)17-5-3-12-32-17)22(28)23(29)26(20)10-4-9-25-11-8-24-14-25/h3,5-8,11-14,19-20H,4,9-10H2,1-2H3/p+1. The van der Waals surface area contributed by atoms with Crippen LogP contribution in [-0.4, -0.2) is 48.1 Å². The molecule has 2 unspecified atom stereocenters. The number of carbonyl (C=O) groups excluding carboxylic acids is 3. The molecule has 0 bridgehead atoms. The lowest BCUT2D eigenvalue weighted by molar-refractivity contribution is -0.695. The first-order valence-electron chi connectivity index (χ1n) is 10.2. The third kappa shape index (κ3) is 3.89. The number of likely N-dealkylation sites (tertiary alicyclic amines) is 1. The minimum Gasteiger partial charge on any atom is -0.497 e. The summed E-state index contributed by atoms with van der Waals surface area (Å²) in [7, 11) is 3.03. The molecule has 32 heavy (non-hydrogen) atoms. The highest BCUT2D eigenvalue weighted by atomic mass is 16.5. The Morgan fingerprint density at radius 1 is 1.22 bits per heavy atom. The number of H-pyrrole nitrogens is 1. The Labute approximate surface area is 184 Å². The molecule has 1 aromatic carbocycles. The fourth-order valence-electron chi connectivity index (χ4n) is 4.09. The lowest BCUT2D eigenvalue weighted by atomic mass is 9.87. The van der Waals surface area contributed by atoms with Crippen LogP contribution in [0, 0.1) is 5.92 Å². The Morgan fingerprint density at radius 3 is 2.72 bits per heavy atom. The molecule has 0 spiro atoms. The van der Waals surface area contributed by atoms with Gasteiger partial charge in [-0.2, -0.15) is 0 Å². The molecule has 3 heterocycles. The fraction of sp³-hybridized carbons (Fsp3) is 0.304. The minimum absolute atomic E-state index is 0.0401. The lowest BCUT2D eigenvalue weighted by Gasteiger charge is -2.28. The van der Waals surface area contributed by atoms with Gasteiger partial charge in [0.25, 0.3) is 5.91 Å². The number of amides is 1. The van der Waals surface area contributed by atoms with Gasteiger partial charge in [-0.05, 0) is 24.3 Å². The van der Waals surface area contributed by atoms with Crippen LogP contribution in [0.3, 0.4) is 0 Å². The number of Topliss-reactive ketones (excluding diaryl/α,β-unsaturated/α-hetero) is 2. The molecule has 0 saturated carbocycles. The van der Waals surface area contributed by atoms with Gasteiger partial charge in [0.05, 0.1) is 33.1 Å². The maximum absolute atomic E-state index is 13.2. The smallest absolute Gasteiger partial charge is 0.291 e. The Bertz CT molecular complexity index is 1110. The summed E-state index contributed by atoms with van der Waals surface area (Å²) in [6.07, 6.45) is 7.45. The number of ether oxygens (including phenoxy) is 2. The molecule has 0 aliphatic carbocycles. The van der Waals surface area contributed by atoms with Crippen LogP contribution in [-0.2, 0) is 16.1 Å². The summed E-state index contributed by atoms with van der Waals surface area (Å²) in [6.45, 7) is 0.940. The first-order chi connectivity index (χ1) is 15.5. The summed E-state index contributed by atoms with van der Waals surface area (Å²) < 4.78 is 18.0. The maximum atomic E-state index is 13.2. The fourth-order valence-corrected chi connectivity index (χ4v) is 4.09. The van der Waals surface area contributed by atoms with E-state index in [1.54, 1.807) is 30.5 Å². The van der Waals surface area contributed by atoms with Gasteiger partial charge in [0.1, 0.15) is 29.8 Å². The Balaban J connectivity index is 1.71. The number of rotatable bonds is 9. The quantitative estimate of drug-likeness (QED) is 0.237. The van der Waals surface area contributed by atoms with E-state index >= 15 is 0 Å². The van der Waals surface area contributed by atoms with Crippen molar-refractivity contribution in [1.29, 1.82) is 0 Å². The Morgan fingerprint density at radius 2 is 2.06 bits per heavy atom. The van der Waals surface area contributed by atoms with Crippen molar-refractivity contribution >= 4 is 17.5 Å². The number of hydrogen-bond donors (Lipinski definition) is 1. The molecule has 1 saturated heterocycles. The molecular weight excluding hydrogens is 414 g/mol. The summed E-state index contributed by atoms with van der Waals surface area (Å²) in [5, 5.41) is 0. The predicted molar refractivity (Wildman–Crippen MR) is 111 cm³/mol. The van der Waals surface area contributed by atoms with Crippen LogP contribution >= 0.6 is 0 Å². The highest BCUT2D eigenvalue weighted by Gasteiger charge is 2.52. The van der Waals surface area contributed by atoms with Crippen LogP contribution in [0.25, 0.3) is 0 Å². The van der Waals surface area contributed by atoms with Crippen LogP contribution in [0.4, 0.5) is 0 Å². The number of nitrogens with zero attached hydrogens (tertiary/aromatic N) is 2. The summed E-state index contributed by atoms with van der Waals surface area (Å²) >= 11 is 0. The molecule has 4 rings (SSSR count). The highest BCUT2D eigenvalue weighted by molar-refractivity contribution is 6.43. The van der Waals surface area contributed by atoms with Crippen molar-refractivity contribution in [2.45, 2.75) is 19.0 Å². The third-order valence-electron chi connectivity index (χ3n) is 5.63. The van der Waals surface area contributed by atoms with Gasteiger partial charge in [-0.3, -0.25) is 19.4 Å². The maximum Gasteiger partial charge on any atom is 0.291 e. The number of hydrogen-bond acceptors (Lipinski definition) is 6. The minimum atomic E-state index is -1.23. The molecule has 9 nitrogen and oxygen atoms in total. The monoisotopic (exact) mass is 438 g/mol. The predicted octanol–water partition coefficient (Wildman–Crippen LogP) is 1.95. The third-order valence-corrected chi connectivity index (χ3v) is 5.63. The zero-order valence-corrected chi connectivity index (χ0v) is 17.8. The Kier molecular flexibility index (Phi) is 6.07. The average Bonchev–Trinajstić information content (AvgIpc) is 3.57. The van der Waals surface area contributed by atoms with Gasteiger partial charge in [-0.25, -0.2) is 4.57 Å². The number of ketones is 2. The summed E-state index contributed by atoms with van der Waals surface area (Å²) in [5.41, 5.74) is 0.562. The van der Waals surface area contributed by atoms with E-state index in [9.17, 15) is 14.4 Å². The van der Waals surface area contributed by atoms with E-state index in [2.05, 4.69) is 4.98 Å². The van der Waals surface area contributed by atoms with Gasteiger partial charge < -0.3 is 18.8 Å². The molecule has 1 fully saturated rings. The zero-order chi connectivity index (χ0) is 22.7. The van der Waals surface area contributed by atoms with Gasteiger partial charge in [0.2, 0.25) is 17.9 Å². The second-order valence-electron chi connectivity index (χ2n) is 7.44. The van der Waals surface area contributed by atoms with Crippen LogP contribution in [0.5, 0.6) is 11.5 Å². The molecule has 1 N–H and O–H groups in total. The number of furan rings is 1. The molecule has 0 radical (unpaired) electrons. The van der Waals surface area contributed by atoms with Crippen LogP contribution in [0.1, 0.15) is 28.6 Å². The molecule has 1 amide bonds. The van der Waals surface area contributed by atoms with Gasteiger partial charge in [0.15, 0.2) is 5.76 Å². The average molecular weight is 438 g/mol. The van der Waals surface area contributed by atoms with Crippen molar-refractivity contribution in [3.63, 3.8) is 0 Å². The van der Waals surface area contributed by atoms with E-state index in [0.29, 0.717) is 36.6 Å². The number of methoxy groups -OCH3 is 2. The van der Waals surface area contributed by atoms with Crippen molar-refractivity contribution in [3.05, 3.63) is 66.6 Å². The zero-order valence-electron chi connectivity index (χ0n) is 17.8. The van der Waals surface area contributed by atoms with Gasteiger partial charge in [0, 0.05) is 24.6 Å². The molecule has 1 aliphatic rings. The second kappa shape index (κ2) is 9.09. The summed E-state index contributed by atoms with van der Waals surface area (Å²) in [4.78, 5) is 43.7. The topological polar surface area (TPSA) is 106 Å². The van der Waals surface area contributed by atoms with E-state index < -0.39 is 29.4 Å². The first kappa shape index (κ1) is 21.4. The van der Waals surface area contributed by atoms with E-state index in [-0.39, 0.29) is 5.76 Å². The number of nitrogens with one attached hydrogen (secondary N) is 1. The molecule has 2 atom stereocenters. The molecule has 2 aromatic heterocycles. The van der Waals surface area contributed by atoms with Crippen molar-refractivity contribution in [1.82, 2.24) is 9.88 Å². The van der Waals surface area contributed by atoms with E-state index in [0.717, 1.165) is 0 Å². The first-order valence-corrected chi connectivity index (χ1v) is 10.2. The number of carbonyl (C=O) groups is 3. The molecule has 1 aliphatic heterocycles. The van der Waals surface area contributed by atoms with Gasteiger partial charge in [-0.15, -0.1) is 0 Å². The van der Waals surface area contributed by atoms with Crippen molar-refractivity contribution in [3.8, 4) is 11.5 Å². The largest absolute Gasteiger partial charge is 0.497 e. The van der Waals surface area contributed by atoms with Gasteiger partial charge in [-0.1, -0.05) is 0 Å². The second-order valence-corrected chi connectivity index (χ2v) is 7.44. The van der Waals surface area contributed by atoms with Crippen LogP contribution in [0.2, 0.25) is 0 Å². The van der Waals surface area contributed by atoms with Crippen LogP contribution < -0.4 is 14.0 Å². The molecule has 166 valence electrons. The number of aromatic nitrogens is 2. The number of aromatic amines is 1. The lowest BCUT2D eigenvalue weighted by Crippen LogP contribution is -2.36. The van der Waals surface area contributed by atoms with E-state index in [1.807, 2.05) is 17.1 Å². The SMILES string of the molecule is COc1ccc(C2C(C(=O)c3ccco3)C(=O)C(=O)N2CCC[n+]2cc[nH]c2)c(OC)c1. The van der Waals surface area contributed by atoms with Crippen molar-refractivity contribution in [2.24, 2.45) is 5.92 Å². The molecule has 9 heteroatoms. The summed E-state index contributed by atoms with van der Waals surface area (Å²) in [6, 6.07) is 7.37. The summed E-state index contributed by atoms with van der Waals surface area (Å²) in [5.74, 6) is -2.15. The normalized spacial score (nSPS) is 18.2. The number of imidazole rings is 1. The number of benzene rings is 1. The number of aryl methyl sites for hydroxylation is 1. The molecular formula is C23H24N3O6+. The van der Waals surface area contributed by atoms with Gasteiger partial charge >= 0.3 is 0 Å². The van der Waals surface area contributed by atoms with E-state index in [4.69, 9.17) is 13.9 Å². The highest BCUT2D eigenvalue weighted by Crippen LogP contribution is 2.43. The van der Waals surface area contributed by atoms with Crippen molar-refractivity contribution < 1.29 is 32.8 Å². The van der Waals surface area contributed by atoms with Crippen LogP contribution in [0.15, 0.2) is 59.7 Å². The van der Waals surface area contributed by atoms with E-state index in [1.165, 1.54) is 31.4 Å². The van der Waals surface area contributed by atoms with Crippen molar-refractivity contribution in [2.75, 3.05) is 20.8 Å².